The van der Waals surface area contributed by atoms with Gasteiger partial charge in [-0.3, -0.25) is 9.59 Å². The Morgan fingerprint density at radius 3 is 2.42 bits per heavy atom. The molecule has 1 aliphatic heterocycles. The van der Waals surface area contributed by atoms with E-state index in [1.807, 2.05) is 0 Å². The van der Waals surface area contributed by atoms with Crippen LogP contribution in [0.1, 0.15) is 12.5 Å². The monoisotopic (exact) mass is 381 g/mol. The Balaban J connectivity index is 1.94. The van der Waals surface area contributed by atoms with Gasteiger partial charge in [-0.05, 0) is 30.7 Å². The lowest BCUT2D eigenvalue weighted by Crippen LogP contribution is -2.40. The van der Waals surface area contributed by atoms with Gasteiger partial charge in [0.15, 0.2) is 0 Å². The standard InChI is InChI=1S/C17H23N3O5S/c1-2-18-17(22)13-19-16(21)8-5-14-3-6-15(7-4-14)26(23,24)20-9-11-25-12-10-20/h3-8H,2,9-13H2,1H3,(H,18,22)(H,19,21)/b8-5+. The molecule has 2 amide bonds. The Bertz CT molecular complexity index is 753. The molecule has 1 aliphatic rings. The molecule has 2 N–H and O–H groups in total. The summed E-state index contributed by atoms with van der Waals surface area (Å²) in [5.41, 5.74) is 0.680. The van der Waals surface area contributed by atoms with Crippen LogP contribution in [0, 0.1) is 0 Å². The number of morpholine rings is 1. The first-order chi connectivity index (χ1) is 12.4. The van der Waals surface area contributed by atoms with E-state index >= 15 is 0 Å². The van der Waals surface area contributed by atoms with Crippen molar-refractivity contribution in [3.8, 4) is 0 Å². The van der Waals surface area contributed by atoms with Crippen LogP contribution in [-0.2, 0) is 24.3 Å². The number of amides is 2. The van der Waals surface area contributed by atoms with Crippen LogP contribution < -0.4 is 10.6 Å². The first-order valence-corrected chi connectivity index (χ1v) is 9.78. The van der Waals surface area contributed by atoms with Crippen molar-refractivity contribution in [1.29, 1.82) is 0 Å². The van der Waals surface area contributed by atoms with E-state index in [-0.39, 0.29) is 17.3 Å². The summed E-state index contributed by atoms with van der Waals surface area (Å²) in [6, 6.07) is 6.27. The second-order valence-corrected chi connectivity index (χ2v) is 7.53. The van der Waals surface area contributed by atoms with Crippen LogP contribution in [0.2, 0.25) is 0 Å². The van der Waals surface area contributed by atoms with Crippen LogP contribution in [0.15, 0.2) is 35.2 Å². The molecule has 1 heterocycles. The zero-order valence-corrected chi connectivity index (χ0v) is 15.4. The molecule has 0 bridgehead atoms. The van der Waals surface area contributed by atoms with Crippen molar-refractivity contribution in [3.05, 3.63) is 35.9 Å². The molecule has 0 spiro atoms. The first kappa shape index (κ1) is 20.1. The Morgan fingerprint density at radius 1 is 1.15 bits per heavy atom. The van der Waals surface area contributed by atoms with Gasteiger partial charge in [-0.25, -0.2) is 8.42 Å². The molecule has 26 heavy (non-hydrogen) atoms. The van der Waals surface area contributed by atoms with Gasteiger partial charge in [-0.15, -0.1) is 0 Å². The van der Waals surface area contributed by atoms with Crippen LogP contribution in [-0.4, -0.2) is 63.9 Å². The molecule has 0 saturated carbocycles. The van der Waals surface area contributed by atoms with E-state index < -0.39 is 15.9 Å². The maximum absolute atomic E-state index is 12.5. The van der Waals surface area contributed by atoms with Crippen molar-refractivity contribution in [1.82, 2.24) is 14.9 Å². The quantitative estimate of drug-likeness (QED) is 0.646. The molecular formula is C17H23N3O5S. The average molecular weight is 381 g/mol. The Kier molecular flexibility index (Phi) is 7.31. The number of likely N-dealkylation sites (N-methyl/N-ethyl adjacent to an activating group) is 1. The molecule has 9 heteroatoms. The molecule has 1 aromatic rings. The molecular weight excluding hydrogens is 358 g/mol. The number of nitrogens with one attached hydrogen (secondary N) is 2. The minimum atomic E-state index is -3.53. The highest BCUT2D eigenvalue weighted by Gasteiger charge is 2.25. The molecule has 142 valence electrons. The van der Waals surface area contributed by atoms with Crippen molar-refractivity contribution < 1.29 is 22.7 Å². The van der Waals surface area contributed by atoms with Gasteiger partial charge in [-0.2, -0.15) is 4.31 Å². The van der Waals surface area contributed by atoms with Gasteiger partial charge in [-0.1, -0.05) is 12.1 Å². The zero-order chi connectivity index (χ0) is 19.0. The molecule has 8 nitrogen and oxygen atoms in total. The Labute approximate surface area is 153 Å². The second-order valence-electron chi connectivity index (χ2n) is 5.59. The van der Waals surface area contributed by atoms with Crippen molar-refractivity contribution in [3.63, 3.8) is 0 Å². The summed E-state index contributed by atoms with van der Waals surface area (Å²) in [4.78, 5) is 23.1. The highest BCUT2D eigenvalue weighted by atomic mass is 32.2. The summed E-state index contributed by atoms with van der Waals surface area (Å²) >= 11 is 0. The zero-order valence-electron chi connectivity index (χ0n) is 14.6. The number of hydrogen-bond donors (Lipinski definition) is 2. The normalized spacial score (nSPS) is 15.7. The van der Waals surface area contributed by atoms with Gasteiger partial charge in [0.05, 0.1) is 24.7 Å². The number of rotatable bonds is 7. The van der Waals surface area contributed by atoms with E-state index in [0.717, 1.165) is 0 Å². The SMILES string of the molecule is CCNC(=O)CNC(=O)/C=C/c1ccc(S(=O)(=O)N2CCOCC2)cc1. The van der Waals surface area contributed by atoms with E-state index in [4.69, 9.17) is 4.74 Å². The van der Waals surface area contributed by atoms with Crippen LogP contribution in [0.3, 0.4) is 0 Å². The third kappa shape index (κ3) is 5.65. The van der Waals surface area contributed by atoms with E-state index in [1.165, 1.54) is 22.5 Å². The first-order valence-electron chi connectivity index (χ1n) is 8.34. The predicted octanol–water partition coefficient (Wildman–Crippen LogP) is -0.0270. The number of nitrogens with zero attached hydrogens (tertiary/aromatic N) is 1. The second kappa shape index (κ2) is 9.46. The molecule has 1 fully saturated rings. The molecule has 0 aromatic heterocycles. The maximum Gasteiger partial charge on any atom is 0.244 e. The van der Waals surface area contributed by atoms with Crippen molar-refractivity contribution in [2.24, 2.45) is 0 Å². The smallest absolute Gasteiger partial charge is 0.244 e. The van der Waals surface area contributed by atoms with Crippen LogP contribution >= 0.6 is 0 Å². The number of hydrogen-bond acceptors (Lipinski definition) is 5. The minimum absolute atomic E-state index is 0.0895. The van der Waals surface area contributed by atoms with Crippen molar-refractivity contribution >= 4 is 27.9 Å². The van der Waals surface area contributed by atoms with Crippen LogP contribution in [0.25, 0.3) is 6.08 Å². The fourth-order valence-electron chi connectivity index (χ4n) is 2.34. The number of carbonyl (C=O) groups is 2. The molecule has 0 atom stereocenters. The predicted molar refractivity (Wildman–Crippen MR) is 96.7 cm³/mol. The minimum Gasteiger partial charge on any atom is -0.379 e. The van der Waals surface area contributed by atoms with Gasteiger partial charge in [0.1, 0.15) is 0 Å². The Morgan fingerprint density at radius 2 is 1.81 bits per heavy atom. The van der Waals surface area contributed by atoms with Gasteiger partial charge in [0, 0.05) is 25.7 Å². The summed E-state index contributed by atoms with van der Waals surface area (Å²) < 4.78 is 31.6. The van der Waals surface area contributed by atoms with E-state index in [9.17, 15) is 18.0 Å². The lowest BCUT2D eigenvalue weighted by Gasteiger charge is -2.26. The van der Waals surface area contributed by atoms with Gasteiger partial charge in [0.2, 0.25) is 21.8 Å². The topological polar surface area (TPSA) is 105 Å². The maximum atomic E-state index is 12.5. The van der Waals surface area contributed by atoms with Gasteiger partial charge >= 0.3 is 0 Å². The average Bonchev–Trinajstić information content (AvgIpc) is 2.66. The molecule has 1 aromatic carbocycles. The van der Waals surface area contributed by atoms with Crippen molar-refractivity contribution in [2.45, 2.75) is 11.8 Å². The van der Waals surface area contributed by atoms with Gasteiger partial charge < -0.3 is 15.4 Å². The third-order valence-electron chi connectivity index (χ3n) is 3.71. The Hall–Kier alpha value is -2.23. The number of sulfonamides is 1. The highest BCUT2D eigenvalue weighted by molar-refractivity contribution is 7.89. The largest absolute Gasteiger partial charge is 0.379 e. The number of carbonyl (C=O) groups excluding carboxylic acids is 2. The molecule has 0 aliphatic carbocycles. The fraction of sp³-hybridized carbons (Fsp3) is 0.412. The van der Waals surface area contributed by atoms with E-state index in [0.29, 0.717) is 38.4 Å². The van der Waals surface area contributed by atoms with E-state index in [1.54, 1.807) is 25.1 Å². The summed E-state index contributed by atoms with van der Waals surface area (Å²) in [5.74, 6) is -0.659. The fourth-order valence-corrected chi connectivity index (χ4v) is 3.75. The molecule has 0 radical (unpaired) electrons. The lowest BCUT2D eigenvalue weighted by atomic mass is 10.2. The van der Waals surface area contributed by atoms with Gasteiger partial charge in [0.25, 0.3) is 0 Å². The summed E-state index contributed by atoms with van der Waals surface area (Å²) in [6.45, 7) is 3.68. The highest BCUT2D eigenvalue weighted by Crippen LogP contribution is 2.18. The van der Waals surface area contributed by atoms with Crippen LogP contribution in [0.4, 0.5) is 0 Å². The summed E-state index contributed by atoms with van der Waals surface area (Å²) in [7, 11) is -3.53. The number of ether oxygens (including phenoxy) is 1. The number of benzene rings is 1. The molecule has 0 unspecified atom stereocenters. The third-order valence-corrected chi connectivity index (χ3v) is 5.63. The summed E-state index contributed by atoms with van der Waals surface area (Å²) in [6.07, 6.45) is 2.85. The van der Waals surface area contributed by atoms with Crippen molar-refractivity contribution in [2.75, 3.05) is 39.4 Å². The van der Waals surface area contributed by atoms with Crippen LogP contribution in [0.5, 0.6) is 0 Å². The lowest BCUT2D eigenvalue weighted by molar-refractivity contribution is -0.123. The van der Waals surface area contributed by atoms with E-state index in [2.05, 4.69) is 10.6 Å². The molecule has 2 rings (SSSR count). The summed E-state index contributed by atoms with van der Waals surface area (Å²) in [5, 5.41) is 5.04. The molecule has 1 saturated heterocycles.